The Morgan fingerprint density at radius 2 is 1.55 bits per heavy atom. The Kier molecular flexibility index (Phi) is 8.91. The van der Waals surface area contributed by atoms with E-state index in [0.717, 1.165) is 37.4 Å². The molecule has 0 bridgehead atoms. The maximum Gasteiger partial charge on any atom is 0.203 e. The highest BCUT2D eigenvalue weighted by atomic mass is 16.5. The van der Waals surface area contributed by atoms with E-state index in [9.17, 15) is 5.11 Å². The Morgan fingerprint density at radius 3 is 2.15 bits per heavy atom. The Morgan fingerprint density at radius 1 is 0.879 bits per heavy atom. The molecule has 0 aliphatic carbocycles. The summed E-state index contributed by atoms with van der Waals surface area (Å²) < 4.78 is 32.7. The van der Waals surface area contributed by atoms with E-state index in [1.54, 1.807) is 47.7 Å². The normalized spacial score (nSPS) is 17.2. The summed E-state index contributed by atoms with van der Waals surface area (Å²) in [7, 11) is 7.96. The second-order valence-electron chi connectivity index (χ2n) is 8.04. The van der Waals surface area contributed by atoms with Gasteiger partial charge in [0.15, 0.2) is 23.0 Å². The molecule has 8 nitrogen and oxygen atoms in total. The molecular weight excluding hydrogens is 426 g/mol. The highest BCUT2D eigenvalue weighted by molar-refractivity contribution is 5.55. The van der Waals surface area contributed by atoms with Gasteiger partial charge in [0.2, 0.25) is 5.75 Å². The number of aliphatic hydroxyl groups excluding tert-OH is 1. The SMILES string of the molecule is COc1ccc(C2CCCN(CC(O)COc3cc(OC)c(OC)c(OC)c3)C2)cc1OC. The van der Waals surface area contributed by atoms with Crippen LogP contribution in [0, 0.1) is 0 Å². The van der Waals surface area contributed by atoms with Crippen LogP contribution in [-0.4, -0.2) is 77.9 Å². The highest BCUT2D eigenvalue weighted by Gasteiger charge is 2.24. The molecule has 0 saturated carbocycles. The second-order valence-corrected chi connectivity index (χ2v) is 8.04. The molecule has 1 N–H and O–H groups in total. The Bertz CT molecular complexity index is 879. The van der Waals surface area contributed by atoms with Crippen molar-refractivity contribution >= 4 is 0 Å². The Hall–Kier alpha value is -2.84. The van der Waals surface area contributed by atoms with Gasteiger partial charge in [-0.1, -0.05) is 6.07 Å². The van der Waals surface area contributed by atoms with Crippen molar-refractivity contribution in [2.75, 3.05) is 61.8 Å². The minimum absolute atomic E-state index is 0.163. The molecule has 1 aliphatic heterocycles. The van der Waals surface area contributed by atoms with Gasteiger partial charge in [-0.25, -0.2) is 0 Å². The number of benzene rings is 2. The van der Waals surface area contributed by atoms with Crippen LogP contribution in [0.3, 0.4) is 0 Å². The molecule has 1 heterocycles. The maximum atomic E-state index is 10.6. The van der Waals surface area contributed by atoms with Crippen LogP contribution in [0.4, 0.5) is 0 Å². The van der Waals surface area contributed by atoms with E-state index in [0.29, 0.717) is 35.5 Å². The zero-order valence-corrected chi connectivity index (χ0v) is 20.1. The smallest absolute Gasteiger partial charge is 0.203 e. The third-order valence-corrected chi connectivity index (χ3v) is 5.93. The van der Waals surface area contributed by atoms with Crippen LogP contribution in [0.1, 0.15) is 24.3 Å². The molecule has 8 heteroatoms. The average Bonchev–Trinajstić information content (AvgIpc) is 2.86. The molecule has 0 amide bonds. The fourth-order valence-corrected chi connectivity index (χ4v) is 4.28. The van der Waals surface area contributed by atoms with Gasteiger partial charge in [0.1, 0.15) is 18.5 Å². The number of hydrogen-bond donors (Lipinski definition) is 1. The lowest BCUT2D eigenvalue weighted by Crippen LogP contribution is -2.41. The molecule has 1 saturated heterocycles. The van der Waals surface area contributed by atoms with E-state index in [1.807, 2.05) is 6.07 Å². The van der Waals surface area contributed by atoms with Crippen LogP contribution < -0.4 is 28.4 Å². The summed E-state index contributed by atoms with van der Waals surface area (Å²) in [5.74, 6) is 3.92. The number of rotatable bonds is 11. The number of nitrogens with zero attached hydrogens (tertiary/aromatic N) is 1. The van der Waals surface area contributed by atoms with Crippen LogP contribution in [0.2, 0.25) is 0 Å². The number of hydrogen-bond acceptors (Lipinski definition) is 8. The van der Waals surface area contributed by atoms with Gasteiger partial charge in [0.25, 0.3) is 0 Å². The van der Waals surface area contributed by atoms with Gasteiger partial charge in [-0.05, 0) is 43.0 Å². The van der Waals surface area contributed by atoms with Crippen LogP contribution in [0.15, 0.2) is 30.3 Å². The van der Waals surface area contributed by atoms with Gasteiger partial charge in [-0.3, -0.25) is 0 Å². The fraction of sp³-hybridized carbons (Fsp3) is 0.520. The molecule has 182 valence electrons. The summed E-state index contributed by atoms with van der Waals surface area (Å²) in [5.41, 5.74) is 1.22. The van der Waals surface area contributed by atoms with Crippen molar-refractivity contribution in [2.45, 2.75) is 24.9 Å². The number of methoxy groups -OCH3 is 5. The Balaban J connectivity index is 1.58. The molecule has 0 spiro atoms. The average molecular weight is 462 g/mol. The maximum absolute atomic E-state index is 10.6. The monoisotopic (exact) mass is 461 g/mol. The summed E-state index contributed by atoms with van der Waals surface area (Å²) in [4.78, 5) is 2.29. The lowest BCUT2D eigenvalue weighted by Gasteiger charge is -2.34. The largest absolute Gasteiger partial charge is 0.493 e. The number of aliphatic hydroxyl groups is 1. The molecule has 0 radical (unpaired) electrons. The van der Waals surface area contributed by atoms with E-state index < -0.39 is 6.10 Å². The minimum Gasteiger partial charge on any atom is -0.493 e. The van der Waals surface area contributed by atoms with Crippen molar-refractivity contribution in [2.24, 2.45) is 0 Å². The summed E-state index contributed by atoms with van der Waals surface area (Å²) in [6, 6.07) is 9.55. The van der Waals surface area contributed by atoms with E-state index in [4.69, 9.17) is 28.4 Å². The summed E-state index contributed by atoms with van der Waals surface area (Å²) >= 11 is 0. The zero-order valence-electron chi connectivity index (χ0n) is 20.1. The molecule has 3 rings (SSSR count). The molecular formula is C25H35NO7. The molecule has 33 heavy (non-hydrogen) atoms. The topological polar surface area (TPSA) is 78.9 Å². The number of β-amino-alcohol motifs (C(OH)–C–C–N with tert-alkyl or cyclic N) is 1. The minimum atomic E-state index is -0.631. The summed E-state index contributed by atoms with van der Waals surface area (Å²) in [5, 5.41) is 10.6. The standard InChI is InChI=1S/C25H35NO7/c1-28-21-9-8-17(11-22(21)29-2)18-7-6-10-26(14-18)15-19(27)16-33-20-12-23(30-3)25(32-5)24(13-20)31-4/h8-9,11-13,18-19,27H,6-7,10,14-16H2,1-5H3. The quantitative estimate of drug-likeness (QED) is 0.546. The first-order valence-electron chi connectivity index (χ1n) is 11.1. The van der Waals surface area contributed by atoms with Crippen molar-refractivity contribution in [1.29, 1.82) is 0 Å². The zero-order chi connectivity index (χ0) is 23.8. The lowest BCUT2D eigenvalue weighted by molar-refractivity contribution is 0.0581. The fourth-order valence-electron chi connectivity index (χ4n) is 4.28. The third-order valence-electron chi connectivity index (χ3n) is 5.93. The molecule has 2 aromatic rings. The molecule has 2 atom stereocenters. The van der Waals surface area contributed by atoms with Gasteiger partial charge in [0.05, 0.1) is 35.5 Å². The number of likely N-dealkylation sites (tertiary alicyclic amines) is 1. The first kappa shape index (κ1) is 24.8. The number of piperidine rings is 1. The summed E-state index contributed by atoms with van der Waals surface area (Å²) in [6.45, 7) is 2.52. The molecule has 1 aliphatic rings. The van der Waals surface area contributed by atoms with Gasteiger partial charge >= 0.3 is 0 Å². The van der Waals surface area contributed by atoms with E-state index in [2.05, 4.69) is 17.0 Å². The van der Waals surface area contributed by atoms with Crippen molar-refractivity contribution < 1.29 is 33.5 Å². The van der Waals surface area contributed by atoms with Crippen LogP contribution >= 0.6 is 0 Å². The predicted octanol–water partition coefficient (Wildman–Crippen LogP) is 3.35. The van der Waals surface area contributed by atoms with E-state index >= 15 is 0 Å². The number of ether oxygens (including phenoxy) is 6. The van der Waals surface area contributed by atoms with Crippen LogP contribution in [0.5, 0.6) is 34.5 Å². The van der Waals surface area contributed by atoms with E-state index in [1.165, 1.54) is 5.56 Å². The van der Waals surface area contributed by atoms with Gasteiger partial charge in [0, 0.05) is 25.2 Å². The third kappa shape index (κ3) is 6.15. The lowest BCUT2D eigenvalue weighted by atomic mass is 9.90. The molecule has 2 unspecified atom stereocenters. The van der Waals surface area contributed by atoms with Gasteiger partial charge < -0.3 is 38.4 Å². The molecule has 2 aromatic carbocycles. The van der Waals surface area contributed by atoms with Gasteiger partial charge in [-0.2, -0.15) is 0 Å². The van der Waals surface area contributed by atoms with Crippen molar-refractivity contribution in [1.82, 2.24) is 4.90 Å². The summed E-state index contributed by atoms with van der Waals surface area (Å²) in [6.07, 6.45) is 1.54. The van der Waals surface area contributed by atoms with E-state index in [-0.39, 0.29) is 6.61 Å². The molecule has 1 fully saturated rings. The second kappa shape index (κ2) is 11.9. The van der Waals surface area contributed by atoms with Crippen molar-refractivity contribution in [3.05, 3.63) is 35.9 Å². The predicted molar refractivity (Wildman–Crippen MR) is 126 cm³/mol. The van der Waals surface area contributed by atoms with Crippen LogP contribution in [0.25, 0.3) is 0 Å². The van der Waals surface area contributed by atoms with Crippen molar-refractivity contribution in [3.63, 3.8) is 0 Å². The molecule has 0 aromatic heterocycles. The highest BCUT2D eigenvalue weighted by Crippen LogP contribution is 2.41. The first-order chi connectivity index (χ1) is 16.0. The Labute approximate surface area is 195 Å². The van der Waals surface area contributed by atoms with Crippen LogP contribution in [-0.2, 0) is 0 Å². The first-order valence-corrected chi connectivity index (χ1v) is 11.1. The van der Waals surface area contributed by atoms with Gasteiger partial charge in [-0.15, -0.1) is 0 Å². The van der Waals surface area contributed by atoms with Crippen molar-refractivity contribution in [3.8, 4) is 34.5 Å².